The number of hydrogen-bond donors (Lipinski definition) is 1. The van der Waals surface area contributed by atoms with E-state index in [1.165, 1.54) is 12.1 Å². The molecule has 1 heterocycles. The van der Waals surface area contributed by atoms with Crippen molar-refractivity contribution in [1.29, 1.82) is 0 Å². The normalized spacial score (nSPS) is 12.2. The highest BCUT2D eigenvalue weighted by Gasteiger charge is 2.18. The van der Waals surface area contributed by atoms with Gasteiger partial charge < -0.3 is 10.1 Å². The lowest BCUT2D eigenvalue weighted by atomic mass is 10.2. The van der Waals surface area contributed by atoms with Gasteiger partial charge in [0.1, 0.15) is 5.15 Å². The Labute approximate surface area is 104 Å². The van der Waals surface area contributed by atoms with Crippen LogP contribution < -0.4 is 5.32 Å². The molecular formula is C10H14ClN3O3. The van der Waals surface area contributed by atoms with Gasteiger partial charge in [-0.3, -0.25) is 10.1 Å². The molecule has 1 aromatic rings. The zero-order valence-electron chi connectivity index (χ0n) is 9.64. The number of nitrogens with one attached hydrogen (secondary N) is 1. The van der Waals surface area contributed by atoms with Crippen molar-refractivity contribution in [2.24, 2.45) is 0 Å². The van der Waals surface area contributed by atoms with E-state index in [9.17, 15) is 10.1 Å². The Morgan fingerprint density at radius 3 is 2.88 bits per heavy atom. The quantitative estimate of drug-likeness (QED) is 0.482. The van der Waals surface area contributed by atoms with Crippen molar-refractivity contribution in [3.05, 3.63) is 27.4 Å². The van der Waals surface area contributed by atoms with Crippen molar-refractivity contribution in [3.63, 3.8) is 0 Å². The Morgan fingerprint density at radius 1 is 1.65 bits per heavy atom. The van der Waals surface area contributed by atoms with Crippen LogP contribution in [0.25, 0.3) is 0 Å². The lowest BCUT2D eigenvalue weighted by Crippen LogP contribution is -2.25. The van der Waals surface area contributed by atoms with Crippen molar-refractivity contribution >= 4 is 23.1 Å². The maximum absolute atomic E-state index is 10.8. The van der Waals surface area contributed by atoms with Gasteiger partial charge in [0.25, 0.3) is 0 Å². The van der Waals surface area contributed by atoms with Gasteiger partial charge in [-0.1, -0.05) is 18.5 Å². The topological polar surface area (TPSA) is 77.3 Å². The highest BCUT2D eigenvalue weighted by atomic mass is 35.5. The molecule has 0 aliphatic rings. The molecule has 0 fully saturated rings. The van der Waals surface area contributed by atoms with Crippen LogP contribution >= 0.6 is 11.6 Å². The molecule has 1 N–H and O–H groups in total. The zero-order valence-corrected chi connectivity index (χ0v) is 10.4. The van der Waals surface area contributed by atoms with E-state index in [4.69, 9.17) is 16.3 Å². The van der Waals surface area contributed by atoms with Crippen LogP contribution in [0.5, 0.6) is 0 Å². The van der Waals surface area contributed by atoms with Gasteiger partial charge in [-0.15, -0.1) is 0 Å². The molecule has 0 aliphatic heterocycles. The smallest absolute Gasteiger partial charge is 0.311 e. The van der Waals surface area contributed by atoms with Crippen LogP contribution in [0, 0.1) is 10.1 Å². The van der Waals surface area contributed by atoms with Crippen LogP contribution in [0.4, 0.5) is 11.5 Å². The predicted octanol–water partition coefficient (Wildman–Crippen LogP) is 2.48. The molecule has 0 saturated carbocycles. The van der Waals surface area contributed by atoms with E-state index in [1.807, 2.05) is 6.92 Å². The highest BCUT2D eigenvalue weighted by Crippen LogP contribution is 2.24. The summed E-state index contributed by atoms with van der Waals surface area (Å²) in [6.07, 6.45) is 0.763. The zero-order chi connectivity index (χ0) is 12.8. The summed E-state index contributed by atoms with van der Waals surface area (Å²) in [6.45, 7) is 2.40. The lowest BCUT2D eigenvalue weighted by molar-refractivity contribution is -0.384. The summed E-state index contributed by atoms with van der Waals surface area (Å²) in [5.74, 6) is 0.173. The van der Waals surface area contributed by atoms with Crippen LogP contribution in [0.3, 0.4) is 0 Å². The maximum Gasteiger partial charge on any atom is 0.311 e. The molecule has 17 heavy (non-hydrogen) atoms. The number of pyridine rings is 1. The highest BCUT2D eigenvalue weighted by molar-refractivity contribution is 6.29. The minimum atomic E-state index is -0.495. The van der Waals surface area contributed by atoms with Crippen molar-refractivity contribution in [2.45, 2.75) is 19.4 Å². The number of nitro groups is 1. The second-order valence-electron chi connectivity index (χ2n) is 3.46. The third-order valence-electron chi connectivity index (χ3n) is 2.24. The average molecular weight is 260 g/mol. The number of aromatic nitrogens is 1. The SMILES string of the molecule is CCC(COC)Nc1nc(Cl)ccc1[N+](=O)[O-]. The van der Waals surface area contributed by atoms with Gasteiger partial charge in [-0.25, -0.2) is 4.98 Å². The van der Waals surface area contributed by atoms with Crippen LogP contribution in [0.2, 0.25) is 5.15 Å². The van der Waals surface area contributed by atoms with Gasteiger partial charge in [0, 0.05) is 13.2 Å². The molecule has 6 nitrogen and oxygen atoms in total. The average Bonchev–Trinajstić information content (AvgIpc) is 2.28. The number of methoxy groups -OCH3 is 1. The van der Waals surface area contributed by atoms with Crippen molar-refractivity contribution in [3.8, 4) is 0 Å². The summed E-state index contributed by atoms with van der Waals surface area (Å²) < 4.78 is 5.00. The standard InChI is InChI=1S/C10H14ClN3O3/c1-3-7(6-17-2)12-10-8(14(15)16)4-5-9(11)13-10/h4-5,7H,3,6H2,1-2H3,(H,12,13). The van der Waals surface area contributed by atoms with Gasteiger partial charge in [0.2, 0.25) is 5.82 Å². The number of anilines is 1. The second-order valence-corrected chi connectivity index (χ2v) is 3.85. The fourth-order valence-electron chi connectivity index (χ4n) is 1.34. The van der Waals surface area contributed by atoms with E-state index in [0.29, 0.717) is 6.61 Å². The molecule has 0 amide bonds. The Bertz CT molecular complexity index is 400. The molecule has 1 rings (SSSR count). The summed E-state index contributed by atoms with van der Waals surface area (Å²) in [5, 5.41) is 14.0. The number of halogens is 1. The summed E-state index contributed by atoms with van der Waals surface area (Å²) in [7, 11) is 1.57. The minimum Gasteiger partial charge on any atom is -0.383 e. The molecule has 0 radical (unpaired) electrons. The van der Waals surface area contributed by atoms with Gasteiger partial charge in [-0.2, -0.15) is 0 Å². The van der Waals surface area contributed by atoms with Crippen LogP contribution in [0.1, 0.15) is 13.3 Å². The van der Waals surface area contributed by atoms with Crippen LogP contribution in [-0.2, 0) is 4.74 Å². The minimum absolute atomic E-state index is 0.0373. The Kier molecular flexibility index (Phi) is 5.11. The molecular weight excluding hydrogens is 246 g/mol. The molecule has 0 aliphatic carbocycles. The Morgan fingerprint density at radius 2 is 2.35 bits per heavy atom. The molecule has 94 valence electrons. The fourth-order valence-corrected chi connectivity index (χ4v) is 1.49. The van der Waals surface area contributed by atoms with Gasteiger partial charge in [-0.05, 0) is 12.5 Å². The van der Waals surface area contributed by atoms with E-state index in [-0.39, 0.29) is 22.7 Å². The molecule has 0 saturated heterocycles. The maximum atomic E-state index is 10.8. The molecule has 0 bridgehead atoms. The van der Waals surface area contributed by atoms with E-state index < -0.39 is 4.92 Å². The van der Waals surface area contributed by atoms with E-state index >= 15 is 0 Å². The second kappa shape index (κ2) is 6.36. The summed E-state index contributed by atoms with van der Waals surface area (Å²) in [6, 6.07) is 2.68. The third kappa shape index (κ3) is 3.83. The summed E-state index contributed by atoms with van der Waals surface area (Å²) in [5.41, 5.74) is -0.0936. The first kappa shape index (κ1) is 13.7. The molecule has 0 spiro atoms. The van der Waals surface area contributed by atoms with Gasteiger partial charge >= 0.3 is 5.69 Å². The molecule has 1 unspecified atom stereocenters. The first-order valence-electron chi connectivity index (χ1n) is 5.14. The Balaban J connectivity index is 2.94. The monoisotopic (exact) mass is 259 g/mol. The number of ether oxygens (including phenoxy) is 1. The van der Waals surface area contributed by atoms with E-state index in [2.05, 4.69) is 10.3 Å². The Hall–Kier alpha value is -1.40. The van der Waals surface area contributed by atoms with Gasteiger partial charge in [0.15, 0.2) is 0 Å². The first-order chi connectivity index (χ1) is 8.08. The van der Waals surface area contributed by atoms with Crippen molar-refractivity contribution in [1.82, 2.24) is 4.98 Å². The largest absolute Gasteiger partial charge is 0.383 e. The van der Waals surface area contributed by atoms with Crippen molar-refractivity contribution in [2.75, 3.05) is 19.0 Å². The predicted molar refractivity (Wildman–Crippen MR) is 65.5 cm³/mol. The summed E-state index contributed by atoms with van der Waals surface area (Å²) >= 11 is 5.72. The number of nitrogens with zero attached hydrogens (tertiary/aromatic N) is 2. The molecule has 7 heteroatoms. The van der Waals surface area contributed by atoms with E-state index in [1.54, 1.807) is 7.11 Å². The third-order valence-corrected chi connectivity index (χ3v) is 2.45. The molecule has 1 aromatic heterocycles. The first-order valence-corrected chi connectivity index (χ1v) is 5.52. The van der Waals surface area contributed by atoms with E-state index in [0.717, 1.165) is 6.42 Å². The molecule has 0 aromatic carbocycles. The van der Waals surface area contributed by atoms with Crippen LogP contribution in [0.15, 0.2) is 12.1 Å². The number of hydrogen-bond acceptors (Lipinski definition) is 5. The lowest BCUT2D eigenvalue weighted by Gasteiger charge is -2.16. The molecule has 1 atom stereocenters. The van der Waals surface area contributed by atoms with Crippen molar-refractivity contribution < 1.29 is 9.66 Å². The number of rotatable bonds is 6. The fraction of sp³-hybridized carbons (Fsp3) is 0.500. The van der Waals surface area contributed by atoms with Gasteiger partial charge in [0.05, 0.1) is 17.6 Å². The summed E-state index contributed by atoms with van der Waals surface area (Å²) in [4.78, 5) is 14.2. The van der Waals surface area contributed by atoms with Crippen LogP contribution in [-0.4, -0.2) is 29.7 Å².